The number of hydrogen-bond acceptors (Lipinski definition) is 3. The monoisotopic (exact) mass is 379 g/mol. The molecule has 0 radical (unpaired) electrons. The lowest BCUT2D eigenvalue weighted by Gasteiger charge is -2.18. The lowest BCUT2D eigenvalue weighted by Crippen LogP contribution is -2.37. The predicted octanol–water partition coefficient (Wildman–Crippen LogP) is 2.89. The van der Waals surface area contributed by atoms with Gasteiger partial charge in [-0.2, -0.15) is 5.10 Å². The molecule has 3 aromatic rings. The van der Waals surface area contributed by atoms with Crippen molar-refractivity contribution in [3.8, 4) is 5.69 Å². The SMILES string of the molecule is O=C(CN1CCN(c2ccc(F)cc2)C1=O)Nc1ccc(-n2cccn2)cc1. The van der Waals surface area contributed by atoms with E-state index >= 15 is 0 Å². The molecule has 142 valence electrons. The Hall–Kier alpha value is -3.68. The van der Waals surface area contributed by atoms with Gasteiger partial charge in [-0.1, -0.05) is 0 Å². The van der Waals surface area contributed by atoms with Crippen molar-refractivity contribution in [3.05, 3.63) is 72.8 Å². The Morgan fingerprint density at radius 3 is 2.43 bits per heavy atom. The third-order valence-corrected chi connectivity index (χ3v) is 4.49. The van der Waals surface area contributed by atoms with Crippen molar-refractivity contribution in [2.24, 2.45) is 0 Å². The first-order valence-corrected chi connectivity index (χ1v) is 8.82. The lowest BCUT2D eigenvalue weighted by molar-refractivity contribution is -0.116. The second kappa shape index (κ2) is 7.51. The molecule has 1 aliphatic rings. The van der Waals surface area contributed by atoms with Crippen molar-refractivity contribution in [2.45, 2.75) is 0 Å². The van der Waals surface area contributed by atoms with E-state index in [1.807, 2.05) is 24.4 Å². The quantitative estimate of drug-likeness (QED) is 0.741. The van der Waals surface area contributed by atoms with Crippen molar-refractivity contribution < 1.29 is 14.0 Å². The molecule has 7 nitrogen and oxygen atoms in total. The summed E-state index contributed by atoms with van der Waals surface area (Å²) >= 11 is 0. The molecule has 0 spiro atoms. The second-order valence-electron chi connectivity index (χ2n) is 6.38. The van der Waals surface area contributed by atoms with E-state index in [9.17, 15) is 14.0 Å². The fourth-order valence-corrected chi connectivity index (χ4v) is 3.08. The fraction of sp³-hybridized carbons (Fsp3) is 0.150. The minimum atomic E-state index is -0.356. The highest BCUT2D eigenvalue weighted by atomic mass is 19.1. The van der Waals surface area contributed by atoms with Gasteiger partial charge in [0, 0.05) is 36.9 Å². The minimum Gasteiger partial charge on any atom is -0.325 e. The van der Waals surface area contributed by atoms with Gasteiger partial charge >= 0.3 is 6.03 Å². The normalized spacial score (nSPS) is 13.8. The maximum Gasteiger partial charge on any atom is 0.325 e. The van der Waals surface area contributed by atoms with Gasteiger partial charge in [0.1, 0.15) is 12.4 Å². The lowest BCUT2D eigenvalue weighted by atomic mass is 10.3. The molecular weight excluding hydrogens is 361 g/mol. The Balaban J connectivity index is 1.35. The summed E-state index contributed by atoms with van der Waals surface area (Å²) in [6.07, 6.45) is 3.53. The predicted molar refractivity (Wildman–Crippen MR) is 103 cm³/mol. The summed E-state index contributed by atoms with van der Waals surface area (Å²) in [6, 6.07) is 14.6. The van der Waals surface area contributed by atoms with Crippen molar-refractivity contribution >= 4 is 23.3 Å². The number of rotatable bonds is 5. The Morgan fingerprint density at radius 2 is 1.75 bits per heavy atom. The average molecular weight is 379 g/mol. The summed E-state index contributed by atoms with van der Waals surface area (Å²) in [5.41, 5.74) is 2.14. The topological polar surface area (TPSA) is 70.5 Å². The zero-order chi connectivity index (χ0) is 19.5. The summed E-state index contributed by atoms with van der Waals surface area (Å²) in [7, 11) is 0. The number of urea groups is 1. The van der Waals surface area contributed by atoms with Crippen LogP contribution in [-0.2, 0) is 4.79 Å². The summed E-state index contributed by atoms with van der Waals surface area (Å²) in [4.78, 5) is 27.9. The largest absolute Gasteiger partial charge is 0.325 e. The van der Waals surface area contributed by atoms with Crippen LogP contribution in [-0.4, -0.2) is 46.3 Å². The van der Waals surface area contributed by atoms with Crippen LogP contribution in [0.2, 0.25) is 0 Å². The zero-order valence-electron chi connectivity index (χ0n) is 15.0. The Bertz CT molecular complexity index is 971. The number of amides is 3. The molecule has 0 unspecified atom stereocenters. The molecule has 0 saturated carbocycles. The Morgan fingerprint density at radius 1 is 1.04 bits per heavy atom. The second-order valence-corrected chi connectivity index (χ2v) is 6.38. The van der Waals surface area contributed by atoms with Gasteiger partial charge in [0.15, 0.2) is 0 Å². The van der Waals surface area contributed by atoms with Gasteiger partial charge in [0.2, 0.25) is 5.91 Å². The molecule has 1 fully saturated rings. The number of halogens is 1. The molecule has 0 bridgehead atoms. The molecule has 0 atom stereocenters. The van der Waals surface area contributed by atoms with E-state index in [1.54, 1.807) is 35.1 Å². The smallest absolute Gasteiger partial charge is 0.325 e. The zero-order valence-corrected chi connectivity index (χ0v) is 15.0. The molecule has 2 aromatic carbocycles. The molecule has 28 heavy (non-hydrogen) atoms. The third kappa shape index (κ3) is 3.71. The molecule has 2 heterocycles. The van der Waals surface area contributed by atoms with E-state index in [0.29, 0.717) is 24.5 Å². The van der Waals surface area contributed by atoms with Crippen molar-refractivity contribution in [1.29, 1.82) is 0 Å². The summed E-state index contributed by atoms with van der Waals surface area (Å²) in [5, 5.41) is 6.94. The van der Waals surface area contributed by atoms with E-state index < -0.39 is 0 Å². The van der Waals surface area contributed by atoms with Gasteiger partial charge in [-0.3, -0.25) is 9.69 Å². The first-order chi connectivity index (χ1) is 13.6. The van der Waals surface area contributed by atoms with Gasteiger partial charge < -0.3 is 10.2 Å². The number of aromatic nitrogens is 2. The molecule has 4 rings (SSSR count). The van der Waals surface area contributed by atoms with E-state index in [2.05, 4.69) is 10.4 Å². The number of anilines is 2. The highest BCUT2D eigenvalue weighted by Gasteiger charge is 2.30. The number of carbonyl (C=O) groups is 2. The number of hydrogen-bond donors (Lipinski definition) is 1. The number of carbonyl (C=O) groups excluding carboxylic acids is 2. The molecule has 1 saturated heterocycles. The van der Waals surface area contributed by atoms with Crippen LogP contribution >= 0.6 is 0 Å². The van der Waals surface area contributed by atoms with Crippen LogP contribution in [0.25, 0.3) is 5.69 Å². The summed E-state index contributed by atoms with van der Waals surface area (Å²) in [5.74, 6) is -0.633. The van der Waals surface area contributed by atoms with Crippen LogP contribution in [0.3, 0.4) is 0 Å². The molecular formula is C20H18FN5O2. The van der Waals surface area contributed by atoms with Crippen molar-refractivity contribution in [1.82, 2.24) is 14.7 Å². The van der Waals surface area contributed by atoms with Gasteiger partial charge in [-0.15, -0.1) is 0 Å². The third-order valence-electron chi connectivity index (χ3n) is 4.49. The molecule has 1 aliphatic heterocycles. The number of nitrogens with zero attached hydrogens (tertiary/aromatic N) is 4. The van der Waals surface area contributed by atoms with Crippen LogP contribution in [0.4, 0.5) is 20.6 Å². The van der Waals surface area contributed by atoms with Crippen LogP contribution in [0.1, 0.15) is 0 Å². The van der Waals surface area contributed by atoms with E-state index in [-0.39, 0.29) is 24.3 Å². The fourth-order valence-electron chi connectivity index (χ4n) is 3.08. The van der Waals surface area contributed by atoms with Crippen LogP contribution in [0, 0.1) is 5.82 Å². The highest BCUT2D eigenvalue weighted by molar-refractivity contribution is 5.99. The van der Waals surface area contributed by atoms with Crippen LogP contribution < -0.4 is 10.2 Å². The average Bonchev–Trinajstić information content (AvgIpc) is 3.34. The Kier molecular flexibility index (Phi) is 4.76. The molecule has 3 amide bonds. The van der Waals surface area contributed by atoms with Gasteiger partial charge in [0.25, 0.3) is 0 Å². The van der Waals surface area contributed by atoms with E-state index in [0.717, 1.165) is 5.69 Å². The summed E-state index contributed by atoms with van der Waals surface area (Å²) in [6.45, 7) is 0.843. The van der Waals surface area contributed by atoms with Crippen molar-refractivity contribution in [3.63, 3.8) is 0 Å². The minimum absolute atomic E-state index is 0.0442. The molecule has 8 heteroatoms. The number of benzene rings is 2. The standard InChI is InChI=1S/C20H18FN5O2/c21-15-2-6-17(7-3-15)25-13-12-24(20(25)28)14-19(27)23-16-4-8-18(9-5-16)26-11-1-10-22-26/h1-11H,12-14H2,(H,23,27). The highest BCUT2D eigenvalue weighted by Crippen LogP contribution is 2.20. The molecule has 1 aromatic heterocycles. The van der Waals surface area contributed by atoms with Crippen LogP contribution in [0.5, 0.6) is 0 Å². The Labute approximate surface area is 161 Å². The van der Waals surface area contributed by atoms with E-state index in [1.165, 1.54) is 21.9 Å². The van der Waals surface area contributed by atoms with Gasteiger partial charge in [0.05, 0.1) is 5.69 Å². The first kappa shape index (κ1) is 17.7. The molecule has 0 aliphatic carbocycles. The first-order valence-electron chi connectivity index (χ1n) is 8.82. The maximum atomic E-state index is 13.1. The molecule has 1 N–H and O–H groups in total. The number of nitrogens with one attached hydrogen (secondary N) is 1. The van der Waals surface area contributed by atoms with Gasteiger partial charge in [-0.25, -0.2) is 13.9 Å². The summed E-state index contributed by atoms with van der Waals surface area (Å²) < 4.78 is 14.8. The van der Waals surface area contributed by atoms with Crippen LogP contribution in [0.15, 0.2) is 67.0 Å². The van der Waals surface area contributed by atoms with E-state index in [4.69, 9.17) is 0 Å². The maximum absolute atomic E-state index is 13.1. The van der Waals surface area contributed by atoms with Gasteiger partial charge in [-0.05, 0) is 54.6 Å². The van der Waals surface area contributed by atoms with Crippen molar-refractivity contribution in [2.75, 3.05) is 29.9 Å².